The van der Waals surface area contributed by atoms with Crippen molar-refractivity contribution >= 4 is 23.3 Å². The summed E-state index contributed by atoms with van der Waals surface area (Å²) in [4.78, 5) is 22.5. The first-order chi connectivity index (χ1) is 14.7. The topological polar surface area (TPSA) is 85.3 Å². The van der Waals surface area contributed by atoms with Crippen LogP contribution in [-0.2, 0) is 4.79 Å². The minimum atomic E-state index is -0.536. The van der Waals surface area contributed by atoms with Gasteiger partial charge in [0.1, 0.15) is 5.92 Å². The molecule has 0 saturated carbocycles. The van der Waals surface area contributed by atoms with Crippen LogP contribution in [0, 0.1) is 5.92 Å². The molecular weight excluding hydrogens is 378 g/mol. The number of rotatable bonds is 4. The molecule has 30 heavy (non-hydrogen) atoms. The number of nitrogens with zero attached hydrogens (tertiary/aromatic N) is 4. The van der Waals surface area contributed by atoms with E-state index in [4.69, 9.17) is 4.42 Å². The Balaban J connectivity index is 1.59. The molecular formula is C23H19N5O2. The predicted molar refractivity (Wildman–Crippen MR) is 114 cm³/mol. The molecule has 0 radical (unpaired) electrons. The Morgan fingerprint density at radius 1 is 1.00 bits per heavy atom. The number of amides is 1. The summed E-state index contributed by atoms with van der Waals surface area (Å²) in [6, 6.07) is 22.4. The van der Waals surface area contributed by atoms with Gasteiger partial charge in [-0.3, -0.25) is 4.79 Å². The van der Waals surface area contributed by atoms with E-state index in [9.17, 15) is 4.79 Å². The van der Waals surface area contributed by atoms with Crippen molar-refractivity contribution in [3.8, 4) is 11.6 Å². The number of aliphatic imine (C=N–C) groups is 1. The zero-order valence-corrected chi connectivity index (χ0v) is 16.3. The van der Waals surface area contributed by atoms with Gasteiger partial charge in [-0.1, -0.05) is 48.5 Å². The third kappa shape index (κ3) is 3.20. The summed E-state index contributed by atoms with van der Waals surface area (Å²) >= 11 is 0. The molecule has 3 heterocycles. The first-order valence-electron chi connectivity index (χ1n) is 9.67. The van der Waals surface area contributed by atoms with Crippen LogP contribution in [0.3, 0.4) is 0 Å². The van der Waals surface area contributed by atoms with E-state index in [0.29, 0.717) is 23.2 Å². The van der Waals surface area contributed by atoms with E-state index in [1.54, 1.807) is 23.1 Å². The van der Waals surface area contributed by atoms with Crippen LogP contribution in [0.25, 0.3) is 11.6 Å². The molecule has 1 amide bonds. The van der Waals surface area contributed by atoms with Crippen LogP contribution in [-0.4, -0.2) is 26.4 Å². The lowest BCUT2D eigenvalue weighted by atomic mass is 9.87. The molecule has 2 unspecified atom stereocenters. The van der Waals surface area contributed by atoms with Crippen molar-refractivity contribution in [1.29, 1.82) is 0 Å². The van der Waals surface area contributed by atoms with Crippen LogP contribution in [0.2, 0.25) is 0 Å². The van der Waals surface area contributed by atoms with Gasteiger partial charge in [0.25, 0.3) is 0 Å². The number of carbonyl (C=O) groups excluding carboxylic acids is 1. The number of para-hydroxylation sites is 1. The van der Waals surface area contributed by atoms with Crippen molar-refractivity contribution in [1.82, 2.24) is 14.8 Å². The molecule has 5 rings (SSSR count). The summed E-state index contributed by atoms with van der Waals surface area (Å²) in [5.41, 5.74) is 2.38. The van der Waals surface area contributed by atoms with Crippen molar-refractivity contribution in [2.24, 2.45) is 10.9 Å². The predicted octanol–water partition coefficient (Wildman–Crippen LogP) is 4.49. The van der Waals surface area contributed by atoms with Gasteiger partial charge in [0.05, 0.1) is 12.3 Å². The second-order valence-corrected chi connectivity index (χ2v) is 7.10. The summed E-state index contributed by atoms with van der Waals surface area (Å²) in [5, 5.41) is 7.66. The van der Waals surface area contributed by atoms with Crippen LogP contribution in [0.15, 0.2) is 88.5 Å². The molecule has 4 aromatic rings. The number of aromatic nitrogens is 3. The van der Waals surface area contributed by atoms with E-state index in [-0.39, 0.29) is 11.9 Å². The highest BCUT2D eigenvalue weighted by Crippen LogP contribution is 2.37. The quantitative estimate of drug-likeness (QED) is 0.550. The highest BCUT2D eigenvalue weighted by molar-refractivity contribution is 6.10. The number of hydrogen-bond acceptors (Lipinski definition) is 5. The number of hydrogen-bond donors (Lipinski definition) is 1. The van der Waals surface area contributed by atoms with Gasteiger partial charge in [-0.25, -0.2) is 9.67 Å². The fourth-order valence-corrected chi connectivity index (χ4v) is 3.74. The summed E-state index contributed by atoms with van der Waals surface area (Å²) in [6.07, 6.45) is 1.58. The number of carbonyl (C=O) groups is 1. The molecule has 0 aliphatic carbocycles. The van der Waals surface area contributed by atoms with Gasteiger partial charge >= 0.3 is 0 Å². The molecule has 7 heteroatoms. The normalized spacial score (nSPS) is 17.8. The van der Waals surface area contributed by atoms with E-state index in [2.05, 4.69) is 20.4 Å². The Hall–Kier alpha value is -4.00. The highest BCUT2D eigenvalue weighted by atomic mass is 16.3. The van der Waals surface area contributed by atoms with Crippen molar-refractivity contribution in [3.05, 3.63) is 84.6 Å². The monoisotopic (exact) mass is 397 g/mol. The van der Waals surface area contributed by atoms with Crippen LogP contribution in [0.4, 0.5) is 11.6 Å². The minimum absolute atomic E-state index is 0.142. The molecule has 0 fully saturated rings. The molecule has 0 spiro atoms. The van der Waals surface area contributed by atoms with E-state index < -0.39 is 5.92 Å². The van der Waals surface area contributed by atoms with Crippen LogP contribution < -0.4 is 5.32 Å². The maximum Gasteiger partial charge on any atom is 0.249 e. The summed E-state index contributed by atoms with van der Waals surface area (Å²) in [7, 11) is 0. The SMILES string of the molecule is CC1=Nc2nc(-c3ccco3)nn2C(c2ccccc2)C1C(=O)Nc1ccccc1. The number of fused-ring (bicyclic) bond motifs is 1. The van der Waals surface area contributed by atoms with E-state index in [1.807, 2.05) is 67.6 Å². The molecule has 1 aliphatic rings. The summed E-state index contributed by atoms with van der Waals surface area (Å²) in [5.74, 6) is 0.776. The van der Waals surface area contributed by atoms with Crippen molar-refractivity contribution < 1.29 is 9.21 Å². The Morgan fingerprint density at radius 2 is 1.73 bits per heavy atom. The third-order valence-corrected chi connectivity index (χ3v) is 5.13. The standard InChI is InChI=1S/C23H19N5O2/c1-15-19(22(29)25-17-11-6-3-7-12-17)20(16-9-4-2-5-10-16)28-23(24-15)26-21(27-28)18-13-8-14-30-18/h2-14,19-20H,1H3,(H,25,29). The maximum absolute atomic E-state index is 13.3. The average molecular weight is 397 g/mol. The number of furan rings is 1. The third-order valence-electron chi connectivity index (χ3n) is 5.13. The van der Waals surface area contributed by atoms with Gasteiger partial charge in [0, 0.05) is 11.4 Å². The minimum Gasteiger partial charge on any atom is -0.461 e. The molecule has 7 nitrogen and oxygen atoms in total. The summed E-state index contributed by atoms with van der Waals surface area (Å²) in [6.45, 7) is 1.86. The second kappa shape index (κ2) is 7.44. The number of benzene rings is 2. The molecule has 1 aliphatic heterocycles. The highest BCUT2D eigenvalue weighted by Gasteiger charge is 2.39. The van der Waals surface area contributed by atoms with E-state index >= 15 is 0 Å². The molecule has 0 bridgehead atoms. The second-order valence-electron chi connectivity index (χ2n) is 7.10. The smallest absolute Gasteiger partial charge is 0.249 e. The molecule has 0 saturated heterocycles. The van der Waals surface area contributed by atoms with E-state index in [1.165, 1.54) is 0 Å². The Bertz CT molecular complexity index is 1200. The van der Waals surface area contributed by atoms with Gasteiger partial charge in [-0.2, -0.15) is 4.98 Å². The van der Waals surface area contributed by atoms with Crippen LogP contribution in [0.1, 0.15) is 18.5 Å². The van der Waals surface area contributed by atoms with E-state index in [0.717, 1.165) is 11.3 Å². The van der Waals surface area contributed by atoms with Crippen LogP contribution in [0.5, 0.6) is 0 Å². The van der Waals surface area contributed by atoms with Gasteiger partial charge < -0.3 is 9.73 Å². The van der Waals surface area contributed by atoms with Gasteiger partial charge in [0.15, 0.2) is 5.76 Å². The Kier molecular flexibility index (Phi) is 4.48. The largest absolute Gasteiger partial charge is 0.461 e. The van der Waals surface area contributed by atoms with Gasteiger partial charge in [-0.05, 0) is 36.8 Å². The first kappa shape index (κ1) is 18.1. The van der Waals surface area contributed by atoms with Gasteiger partial charge in [-0.15, -0.1) is 5.10 Å². The van der Waals surface area contributed by atoms with Gasteiger partial charge in [0.2, 0.25) is 17.7 Å². The zero-order valence-electron chi connectivity index (χ0n) is 16.3. The molecule has 2 aromatic carbocycles. The first-order valence-corrected chi connectivity index (χ1v) is 9.67. The molecule has 2 atom stereocenters. The zero-order chi connectivity index (χ0) is 20.5. The Morgan fingerprint density at radius 3 is 2.43 bits per heavy atom. The Labute approximate surface area is 173 Å². The average Bonchev–Trinajstić information content (AvgIpc) is 3.44. The lowest BCUT2D eigenvalue weighted by Crippen LogP contribution is -2.39. The molecule has 2 aromatic heterocycles. The fraction of sp³-hybridized carbons (Fsp3) is 0.130. The lowest BCUT2D eigenvalue weighted by molar-refractivity contribution is -0.118. The molecule has 1 N–H and O–H groups in total. The van der Waals surface area contributed by atoms with Crippen molar-refractivity contribution in [2.75, 3.05) is 5.32 Å². The van der Waals surface area contributed by atoms with Crippen LogP contribution >= 0.6 is 0 Å². The number of anilines is 1. The lowest BCUT2D eigenvalue weighted by Gasteiger charge is -2.30. The number of nitrogens with one attached hydrogen (secondary N) is 1. The molecule has 148 valence electrons. The van der Waals surface area contributed by atoms with Crippen molar-refractivity contribution in [3.63, 3.8) is 0 Å². The maximum atomic E-state index is 13.3. The fourth-order valence-electron chi connectivity index (χ4n) is 3.74. The van der Waals surface area contributed by atoms with Crippen molar-refractivity contribution in [2.45, 2.75) is 13.0 Å². The summed E-state index contributed by atoms with van der Waals surface area (Å²) < 4.78 is 7.17.